The highest BCUT2D eigenvalue weighted by molar-refractivity contribution is 5.94. The lowest BCUT2D eigenvalue weighted by molar-refractivity contribution is 0.0762. The predicted molar refractivity (Wildman–Crippen MR) is 99.3 cm³/mol. The van der Waals surface area contributed by atoms with Crippen LogP contribution in [0, 0.1) is 13.8 Å². The van der Waals surface area contributed by atoms with Crippen LogP contribution in [-0.4, -0.2) is 48.5 Å². The molecule has 0 atom stereocenters. The van der Waals surface area contributed by atoms with Crippen LogP contribution in [0.5, 0.6) is 0 Å². The number of amides is 1. The van der Waals surface area contributed by atoms with Gasteiger partial charge in [0.05, 0.1) is 0 Å². The maximum absolute atomic E-state index is 13.1. The van der Waals surface area contributed by atoms with E-state index in [2.05, 4.69) is 20.1 Å². The van der Waals surface area contributed by atoms with Crippen LogP contribution in [0.3, 0.4) is 0 Å². The van der Waals surface area contributed by atoms with Gasteiger partial charge in [-0.2, -0.15) is 10.1 Å². The molecule has 0 bridgehead atoms. The molecule has 0 fully saturated rings. The molecule has 0 unspecified atom stereocenters. The molecule has 0 spiro atoms. The van der Waals surface area contributed by atoms with E-state index in [0.29, 0.717) is 37.2 Å². The van der Waals surface area contributed by atoms with Gasteiger partial charge in [-0.1, -0.05) is 0 Å². The number of pyridine rings is 1. The fraction of sp³-hybridized carbons (Fsp3) is 0.421. The molecule has 0 radical (unpaired) electrons. The fourth-order valence-corrected chi connectivity index (χ4v) is 3.18. The van der Waals surface area contributed by atoms with Gasteiger partial charge in [-0.25, -0.2) is 18.3 Å². The van der Waals surface area contributed by atoms with Crippen LogP contribution in [0.25, 0.3) is 5.78 Å². The van der Waals surface area contributed by atoms with Crippen LogP contribution in [0.15, 0.2) is 24.5 Å². The van der Waals surface area contributed by atoms with Crippen molar-refractivity contribution < 1.29 is 13.6 Å². The lowest BCUT2D eigenvalue weighted by Gasteiger charge is -2.21. The highest BCUT2D eigenvalue weighted by Gasteiger charge is 2.17. The van der Waals surface area contributed by atoms with E-state index in [1.807, 2.05) is 20.8 Å². The molecule has 9 heteroatoms. The van der Waals surface area contributed by atoms with Gasteiger partial charge >= 0.3 is 0 Å². The van der Waals surface area contributed by atoms with Crippen LogP contribution in [0.2, 0.25) is 0 Å². The van der Waals surface area contributed by atoms with Gasteiger partial charge in [0.15, 0.2) is 0 Å². The van der Waals surface area contributed by atoms with Gasteiger partial charge in [-0.15, -0.1) is 0 Å². The Labute approximate surface area is 161 Å². The molecule has 3 aromatic heterocycles. The van der Waals surface area contributed by atoms with E-state index in [-0.39, 0.29) is 17.4 Å². The van der Waals surface area contributed by atoms with E-state index in [1.165, 1.54) is 16.9 Å². The number of aryl methyl sites for hydroxylation is 3. The molecule has 3 rings (SSSR count). The molecule has 0 aliphatic rings. The number of rotatable bonds is 7. The van der Waals surface area contributed by atoms with Crippen molar-refractivity contribution in [1.82, 2.24) is 29.5 Å². The number of aromatic nitrogens is 5. The lowest BCUT2D eigenvalue weighted by Crippen LogP contribution is -2.32. The summed E-state index contributed by atoms with van der Waals surface area (Å²) in [5.41, 5.74) is 2.47. The van der Waals surface area contributed by atoms with Crippen molar-refractivity contribution >= 4 is 11.7 Å². The summed E-state index contributed by atoms with van der Waals surface area (Å²) in [6, 6.07) is 4.89. The van der Waals surface area contributed by atoms with Crippen molar-refractivity contribution in [3.63, 3.8) is 0 Å². The zero-order valence-corrected chi connectivity index (χ0v) is 16.1. The number of hydrogen-bond acceptors (Lipinski definition) is 5. The van der Waals surface area contributed by atoms with Gasteiger partial charge in [0.2, 0.25) is 0 Å². The molecular weight excluding hydrogens is 366 g/mol. The Morgan fingerprint density at radius 1 is 1.18 bits per heavy atom. The molecule has 0 saturated carbocycles. The largest absolute Gasteiger partial charge is 0.339 e. The van der Waals surface area contributed by atoms with Crippen molar-refractivity contribution in [3.8, 4) is 0 Å². The van der Waals surface area contributed by atoms with E-state index >= 15 is 0 Å². The second kappa shape index (κ2) is 8.37. The summed E-state index contributed by atoms with van der Waals surface area (Å²) in [5.74, 6) is 0.0870. The van der Waals surface area contributed by atoms with Gasteiger partial charge in [-0.3, -0.25) is 9.78 Å². The van der Waals surface area contributed by atoms with Crippen LogP contribution >= 0.6 is 0 Å². The fourth-order valence-electron chi connectivity index (χ4n) is 3.18. The third-order valence-electron chi connectivity index (χ3n) is 4.43. The van der Waals surface area contributed by atoms with E-state index in [9.17, 15) is 13.6 Å². The average Bonchev–Trinajstić information content (AvgIpc) is 3.12. The van der Waals surface area contributed by atoms with E-state index in [4.69, 9.17) is 0 Å². The Bertz CT molecular complexity index is 967. The van der Waals surface area contributed by atoms with Gasteiger partial charge in [0.1, 0.15) is 12.0 Å². The molecule has 0 aliphatic carbocycles. The first-order valence-electron chi connectivity index (χ1n) is 9.11. The Morgan fingerprint density at radius 2 is 1.89 bits per heavy atom. The predicted octanol–water partition coefficient (Wildman–Crippen LogP) is 3.17. The summed E-state index contributed by atoms with van der Waals surface area (Å²) in [6.07, 6.45) is -0.311. The minimum absolute atomic E-state index is 0.0648. The second-order valence-electron chi connectivity index (χ2n) is 6.57. The van der Waals surface area contributed by atoms with Gasteiger partial charge in [-0.05, 0) is 51.8 Å². The van der Waals surface area contributed by atoms with Crippen LogP contribution in [0.1, 0.15) is 52.9 Å². The van der Waals surface area contributed by atoms with E-state index in [1.54, 1.807) is 17.0 Å². The lowest BCUT2D eigenvalue weighted by atomic mass is 10.1. The second-order valence-corrected chi connectivity index (χ2v) is 6.57. The summed E-state index contributed by atoms with van der Waals surface area (Å²) >= 11 is 0. The Kier molecular flexibility index (Phi) is 5.91. The first-order chi connectivity index (χ1) is 13.4. The molecule has 0 N–H and O–H groups in total. The summed E-state index contributed by atoms with van der Waals surface area (Å²) in [7, 11) is 0. The summed E-state index contributed by atoms with van der Waals surface area (Å²) < 4.78 is 27.6. The molecule has 7 nitrogen and oxygen atoms in total. The molecule has 0 aromatic carbocycles. The third-order valence-corrected chi connectivity index (χ3v) is 4.43. The number of halogens is 2. The topological polar surface area (TPSA) is 76.3 Å². The van der Waals surface area contributed by atoms with Crippen molar-refractivity contribution in [1.29, 1.82) is 0 Å². The third kappa shape index (κ3) is 4.29. The van der Waals surface area contributed by atoms with E-state index < -0.39 is 6.43 Å². The van der Waals surface area contributed by atoms with Crippen LogP contribution < -0.4 is 0 Å². The Balaban J connectivity index is 1.71. The molecule has 3 aromatic rings. The quantitative estimate of drug-likeness (QED) is 0.621. The molecule has 1 amide bonds. The number of carbonyl (C=O) groups is 1. The molecule has 0 saturated heterocycles. The number of carbonyl (C=O) groups excluding carboxylic acids is 1. The van der Waals surface area contributed by atoms with Gasteiger partial charge < -0.3 is 4.90 Å². The zero-order valence-electron chi connectivity index (χ0n) is 16.1. The van der Waals surface area contributed by atoms with Crippen LogP contribution in [0.4, 0.5) is 8.78 Å². The molecule has 148 valence electrons. The van der Waals surface area contributed by atoms with Crippen molar-refractivity contribution in [2.75, 3.05) is 13.1 Å². The maximum Gasteiger partial charge on any atom is 0.280 e. The normalized spacial score (nSPS) is 11.4. The number of alkyl halides is 2. The monoisotopic (exact) mass is 388 g/mol. The minimum Gasteiger partial charge on any atom is -0.339 e. The van der Waals surface area contributed by atoms with Crippen molar-refractivity contribution in [2.24, 2.45) is 0 Å². The standard InChI is InChI=1S/C19H22F2N6O/c1-4-26(18(28)14-8-12(2)24-13(3)9-14)7-5-6-15-10-16(17(20)21)25-19-22-11-23-27(15)19/h8-11,17H,4-7H2,1-3H3. The smallest absolute Gasteiger partial charge is 0.280 e. The van der Waals surface area contributed by atoms with Crippen molar-refractivity contribution in [2.45, 2.75) is 40.0 Å². The summed E-state index contributed by atoms with van der Waals surface area (Å²) in [5, 5.41) is 4.05. The molecule has 28 heavy (non-hydrogen) atoms. The van der Waals surface area contributed by atoms with E-state index in [0.717, 1.165) is 11.4 Å². The first kappa shape index (κ1) is 19.8. The van der Waals surface area contributed by atoms with Crippen LogP contribution in [-0.2, 0) is 6.42 Å². The molecular formula is C19H22F2N6O. The first-order valence-corrected chi connectivity index (χ1v) is 9.11. The number of hydrogen-bond donors (Lipinski definition) is 0. The Hall–Kier alpha value is -2.97. The average molecular weight is 388 g/mol. The Morgan fingerprint density at radius 3 is 2.54 bits per heavy atom. The summed E-state index contributed by atoms with van der Waals surface area (Å²) in [6.45, 7) is 6.67. The molecule has 3 heterocycles. The highest BCUT2D eigenvalue weighted by Crippen LogP contribution is 2.19. The molecule has 0 aliphatic heterocycles. The van der Waals surface area contributed by atoms with Gasteiger partial charge in [0, 0.05) is 35.7 Å². The SMILES string of the molecule is CCN(CCCc1cc(C(F)F)nc2ncnn12)C(=O)c1cc(C)nc(C)c1. The number of nitrogens with zero attached hydrogens (tertiary/aromatic N) is 6. The van der Waals surface area contributed by atoms with Crippen molar-refractivity contribution in [3.05, 3.63) is 52.9 Å². The van der Waals surface area contributed by atoms with Gasteiger partial charge in [0.25, 0.3) is 18.1 Å². The highest BCUT2D eigenvalue weighted by atomic mass is 19.3. The zero-order chi connectivity index (χ0) is 20.3. The summed E-state index contributed by atoms with van der Waals surface area (Å²) in [4.78, 5) is 26.5. The maximum atomic E-state index is 13.1. The minimum atomic E-state index is -2.67. The number of fused-ring (bicyclic) bond motifs is 1.